The number of nitrogens with two attached hydrogens (primary N) is 1. The largest absolute Gasteiger partial charge is 0.326 e. The zero-order chi connectivity index (χ0) is 7.68. The van der Waals surface area contributed by atoms with Crippen LogP contribution >= 0.6 is 23.7 Å². The first-order valence-electron chi connectivity index (χ1n) is 4.20. The number of fused-ring (bicyclic) bond motifs is 1. The summed E-state index contributed by atoms with van der Waals surface area (Å²) in [4.78, 5) is 2.95. The van der Waals surface area contributed by atoms with E-state index < -0.39 is 0 Å². The minimum absolute atomic E-state index is 0. The summed E-state index contributed by atoms with van der Waals surface area (Å²) >= 11 is 1.91. The second-order valence-electron chi connectivity index (χ2n) is 3.07. The Kier molecular flexibility index (Phi) is 3.56. The molecule has 0 atom stereocenters. The van der Waals surface area contributed by atoms with Gasteiger partial charge in [0.25, 0.3) is 0 Å². The van der Waals surface area contributed by atoms with E-state index in [2.05, 4.69) is 6.07 Å². The van der Waals surface area contributed by atoms with Crippen molar-refractivity contribution in [2.75, 3.05) is 0 Å². The molecule has 0 aromatic carbocycles. The molecule has 1 aromatic rings. The fourth-order valence-corrected chi connectivity index (χ4v) is 2.79. The molecule has 0 fully saturated rings. The maximum absolute atomic E-state index is 5.57. The van der Waals surface area contributed by atoms with Crippen molar-refractivity contribution in [2.45, 2.75) is 32.2 Å². The second-order valence-corrected chi connectivity index (χ2v) is 4.29. The summed E-state index contributed by atoms with van der Waals surface area (Å²) in [5.41, 5.74) is 7.14. The monoisotopic (exact) mass is 203 g/mol. The number of rotatable bonds is 1. The summed E-state index contributed by atoms with van der Waals surface area (Å²) < 4.78 is 0. The van der Waals surface area contributed by atoms with E-state index in [0.717, 1.165) is 6.54 Å². The van der Waals surface area contributed by atoms with Crippen molar-refractivity contribution in [2.24, 2.45) is 5.73 Å². The van der Waals surface area contributed by atoms with Gasteiger partial charge in [0.1, 0.15) is 0 Å². The van der Waals surface area contributed by atoms with Crippen LogP contribution in [-0.2, 0) is 19.4 Å². The van der Waals surface area contributed by atoms with Gasteiger partial charge in [0.15, 0.2) is 0 Å². The van der Waals surface area contributed by atoms with Gasteiger partial charge in [-0.3, -0.25) is 0 Å². The normalized spacial score (nSPS) is 15.1. The Morgan fingerprint density at radius 1 is 1.33 bits per heavy atom. The minimum atomic E-state index is 0. The molecule has 0 radical (unpaired) electrons. The molecule has 0 unspecified atom stereocenters. The third-order valence-corrected chi connectivity index (χ3v) is 3.51. The van der Waals surface area contributed by atoms with Crippen molar-refractivity contribution in [1.82, 2.24) is 0 Å². The topological polar surface area (TPSA) is 26.0 Å². The first-order valence-corrected chi connectivity index (χ1v) is 5.02. The predicted octanol–water partition coefficient (Wildman–Crippen LogP) is 2.51. The van der Waals surface area contributed by atoms with Gasteiger partial charge in [-0.05, 0) is 37.3 Å². The van der Waals surface area contributed by atoms with Crippen LogP contribution in [0, 0.1) is 0 Å². The lowest BCUT2D eigenvalue weighted by molar-refractivity contribution is 0.697. The number of hydrogen-bond acceptors (Lipinski definition) is 2. The van der Waals surface area contributed by atoms with E-state index in [0.29, 0.717) is 0 Å². The Balaban J connectivity index is 0.000000720. The Morgan fingerprint density at radius 2 is 2.08 bits per heavy atom. The van der Waals surface area contributed by atoms with Gasteiger partial charge in [-0.2, -0.15) is 0 Å². The van der Waals surface area contributed by atoms with Gasteiger partial charge in [0.05, 0.1) is 0 Å². The predicted molar refractivity (Wildman–Crippen MR) is 56.1 cm³/mol. The highest BCUT2D eigenvalue weighted by atomic mass is 35.5. The fraction of sp³-hybridized carbons (Fsp3) is 0.556. The SMILES string of the molecule is Cl.NCc1cc2c(s1)CCCC2. The lowest BCUT2D eigenvalue weighted by atomic mass is 9.99. The van der Waals surface area contributed by atoms with Crippen LogP contribution in [0.25, 0.3) is 0 Å². The van der Waals surface area contributed by atoms with E-state index in [4.69, 9.17) is 5.73 Å². The van der Waals surface area contributed by atoms with E-state index in [1.54, 1.807) is 10.4 Å². The molecule has 3 heteroatoms. The van der Waals surface area contributed by atoms with Crippen LogP contribution in [0.4, 0.5) is 0 Å². The zero-order valence-corrected chi connectivity index (χ0v) is 8.64. The first kappa shape index (κ1) is 10.0. The number of thiophene rings is 1. The van der Waals surface area contributed by atoms with E-state index in [1.165, 1.54) is 30.6 Å². The van der Waals surface area contributed by atoms with Crippen molar-refractivity contribution in [3.8, 4) is 0 Å². The van der Waals surface area contributed by atoms with Crippen molar-refractivity contribution >= 4 is 23.7 Å². The van der Waals surface area contributed by atoms with Crippen LogP contribution in [0.3, 0.4) is 0 Å². The average molecular weight is 204 g/mol. The molecule has 2 N–H and O–H groups in total. The highest BCUT2D eigenvalue weighted by Gasteiger charge is 2.11. The van der Waals surface area contributed by atoms with Crippen LogP contribution in [0.1, 0.15) is 28.2 Å². The molecule has 0 spiro atoms. The molecule has 1 aliphatic rings. The summed E-state index contributed by atoms with van der Waals surface area (Å²) in [7, 11) is 0. The third-order valence-electron chi connectivity index (χ3n) is 2.25. The molecule has 68 valence electrons. The Hall–Kier alpha value is -0.0500. The standard InChI is InChI=1S/C9H13NS.ClH/c10-6-8-5-7-3-1-2-4-9(7)11-8;/h5H,1-4,6,10H2;1H. The van der Waals surface area contributed by atoms with Gasteiger partial charge < -0.3 is 5.73 Å². The fourth-order valence-electron chi connectivity index (χ4n) is 1.65. The molecule has 1 nitrogen and oxygen atoms in total. The van der Waals surface area contributed by atoms with E-state index in [9.17, 15) is 0 Å². The van der Waals surface area contributed by atoms with E-state index in [-0.39, 0.29) is 12.4 Å². The van der Waals surface area contributed by atoms with Gasteiger partial charge in [-0.25, -0.2) is 0 Å². The molecule has 2 rings (SSSR count). The molecule has 1 aliphatic carbocycles. The summed E-state index contributed by atoms with van der Waals surface area (Å²) in [6.07, 6.45) is 5.32. The van der Waals surface area contributed by atoms with Gasteiger partial charge in [0.2, 0.25) is 0 Å². The van der Waals surface area contributed by atoms with Crippen LogP contribution in [0.2, 0.25) is 0 Å². The van der Waals surface area contributed by atoms with Gasteiger partial charge in [-0.15, -0.1) is 23.7 Å². The van der Waals surface area contributed by atoms with Crippen molar-refractivity contribution < 1.29 is 0 Å². The van der Waals surface area contributed by atoms with Crippen LogP contribution in [0.5, 0.6) is 0 Å². The Labute approximate surface area is 83.4 Å². The quantitative estimate of drug-likeness (QED) is 0.746. The zero-order valence-electron chi connectivity index (χ0n) is 7.01. The summed E-state index contributed by atoms with van der Waals surface area (Å²) in [5, 5.41) is 0. The number of halogens is 1. The summed E-state index contributed by atoms with van der Waals surface area (Å²) in [5.74, 6) is 0. The maximum atomic E-state index is 5.57. The first-order chi connectivity index (χ1) is 5.40. The average Bonchev–Trinajstić information content (AvgIpc) is 2.46. The summed E-state index contributed by atoms with van der Waals surface area (Å²) in [6, 6.07) is 2.29. The third kappa shape index (κ3) is 1.82. The molecular formula is C9H14ClNS. The van der Waals surface area contributed by atoms with Gasteiger partial charge in [0, 0.05) is 16.3 Å². The van der Waals surface area contributed by atoms with Crippen molar-refractivity contribution in [1.29, 1.82) is 0 Å². The van der Waals surface area contributed by atoms with Crippen molar-refractivity contribution in [3.63, 3.8) is 0 Å². The lowest BCUT2D eigenvalue weighted by Gasteiger charge is -2.08. The van der Waals surface area contributed by atoms with Crippen molar-refractivity contribution in [3.05, 3.63) is 21.4 Å². The highest BCUT2D eigenvalue weighted by molar-refractivity contribution is 7.12. The molecule has 1 aromatic heterocycles. The Bertz CT molecular complexity index is 234. The van der Waals surface area contributed by atoms with Gasteiger partial charge in [-0.1, -0.05) is 0 Å². The molecule has 12 heavy (non-hydrogen) atoms. The lowest BCUT2D eigenvalue weighted by Crippen LogP contribution is -1.96. The molecule has 1 heterocycles. The van der Waals surface area contributed by atoms with Crippen LogP contribution < -0.4 is 5.73 Å². The Morgan fingerprint density at radius 3 is 2.75 bits per heavy atom. The molecule has 0 amide bonds. The smallest absolute Gasteiger partial charge is 0.0273 e. The molecule has 0 aliphatic heterocycles. The molecule has 0 bridgehead atoms. The van der Waals surface area contributed by atoms with E-state index >= 15 is 0 Å². The van der Waals surface area contributed by atoms with Gasteiger partial charge >= 0.3 is 0 Å². The van der Waals surface area contributed by atoms with E-state index in [1.807, 2.05) is 11.3 Å². The minimum Gasteiger partial charge on any atom is -0.326 e. The summed E-state index contributed by atoms with van der Waals surface area (Å²) in [6.45, 7) is 0.720. The highest BCUT2D eigenvalue weighted by Crippen LogP contribution is 2.29. The van der Waals surface area contributed by atoms with Crippen LogP contribution in [-0.4, -0.2) is 0 Å². The molecular weight excluding hydrogens is 190 g/mol. The number of hydrogen-bond donors (Lipinski definition) is 1. The molecule has 0 saturated heterocycles. The molecule has 0 saturated carbocycles. The van der Waals surface area contributed by atoms with Crippen LogP contribution in [0.15, 0.2) is 6.07 Å². The number of aryl methyl sites for hydroxylation is 2. The second kappa shape index (κ2) is 4.26. The maximum Gasteiger partial charge on any atom is 0.0273 e.